The zero-order valence-electron chi connectivity index (χ0n) is 18.9. The molecule has 2 nitrogen and oxygen atoms in total. The van der Waals surface area contributed by atoms with E-state index in [2.05, 4.69) is 97.1 Å². The zero-order chi connectivity index (χ0) is 22.6. The molecule has 0 N–H and O–H groups in total. The van der Waals surface area contributed by atoms with Gasteiger partial charge in [-0.1, -0.05) is 84.9 Å². The van der Waals surface area contributed by atoms with Crippen LogP contribution in [0.4, 0.5) is 0 Å². The molecule has 162 valence electrons. The molecule has 33 heavy (non-hydrogen) atoms. The van der Waals surface area contributed by atoms with Crippen LogP contribution in [0.15, 0.2) is 109 Å². The number of hydrogen-bond donors (Lipinski definition) is 0. The third kappa shape index (κ3) is 4.20. The largest absolute Gasteiger partial charge is 0.497 e. The first-order chi connectivity index (χ1) is 16.3. The third-order valence-electron chi connectivity index (χ3n) is 6.08. The van der Waals surface area contributed by atoms with E-state index in [-0.39, 0.29) is 0 Å². The lowest BCUT2D eigenvalue weighted by Gasteiger charge is -2.20. The van der Waals surface area contributed by atoms with E-state index >= 15 is 0 Å². The van der Waals surface area contributed by atoms with Crippen LogP contribution in [0.2, 0.25) is 0 Å². The molecule has 2 heteroatoms. The van der Waals surface area contributed by atoms with Crippen molar-refractivity contribution in [2.75, 3.05) is 14.2 Å². The summed E-state index contributed by atoms with van der Waals surface area (Å²) in [6.45, 7) is 0. The molecule has 5 aromatic carbocycles. The van der Waals surface area contributed by atoms with E-state index < -0.39 is 0 Å². The molecular weight excluding hydrogens is 404 g/mol. The summed E-state index contributed by atoms with van der Waals surface area (Å²) in [7, 11) is 3.43. The maximum Gasteiger partial charge on any atom is 0.119 e. The lowest BCUT2D eigenvalue weighted by atomic mass is 9.84. The van der Waals surface area contributed by atoms with Crippen molar-refractivity contribution < 1.29 is 9.47 Å². The lowest BCUT2D eigenvalue weighted by Crippen LogP contribution is -1.98. The van der Waals surface area contributed by atoms with Crippen molar-refractivity contribution >= 4 is 10.8 Å². The molecule has 0 spiro atoms. The van der Waals surface area contributed by atoms with Gasteiger partial charge in [0.25, 0.3) is 0 Å². The summed E-state index contributed by atoms with van der Waals surface area (Å²) in [5.74, 6) is 1.74. The second-order valence-corrected chi connectivity index (χ2v) is 8.13. The van der Waals surface area contributed by atoms with Crippen molar-refractivity contribution in [3.8, 4) is 33.8 Å². The second kappa shape index (κ2) is 9.22. The molecule has 0 unspecified atom stereocenters. The molecule has 0 atom stereocenters. The Balaban J connectivity index is 1.84. The molecule has 0 amide bonds. The van der Waals surface area contributed by atoms with Gasteiger partial charge in [0.15, 0.2) is 0 Å². The summed E-state index contributed by atoms with van der Waals surface area (Å²) >= 11 is 0. The highest BCUT2D eigenvalue weighted by molar-refractivity contribution is 6.06. The first-order valence-corrected chi connectivity index (χ1v) is 11.1. The minimum absolute atomic E-state index is 0.800. The molecule has 0 aromatic heterocycles. The van der Waals surface area contributed by atoms with Crippen molar-refractivity contribution in [3.63, 3.8) is 0 Å². The molecule has 5 aromatic rings. The fourth-order valence-electron chi connectivity index (χ4n) is 4.55. The predicted molar refractivity (Wildman–Crippen MR) is 137 cm³/mol. The van der Waals surface area contributed by atoms with Crippen LogP contribution in [0.1, 0.15) is 11.1 Å². The van der Waals surface area contributed by atoms with Gasteiger partial charge in [-0.25, -0.2) is 0 Å². The standard InChI is InChI=1S/C31H26O2/c1-32-27-15-9-10-22(19-27)18-26-20-25-21-28(33-2)16-17-29(25)31(24-13-7-4-8-14-24)30(26)23-11-5-3-6-12-23/h3-17,19-21H,18H2,1-2H3. The summed E-state index contributed by atoms with van der Waals surface area (Å²) in [5.41, 5.74) is 7.43. The van der Waals surface area contributed by atoms with Gasteiger partial charge in [0.1, 0.15) is 11.5 Å². The Morgan fingerprint density at radius 2 is 1.18 bits per heavy atom. The minimum atomic E-state index is 0.800. The summed E-state index contributed by atoms with van der Waals surface area (Å²) in [6.07, 6.45) is 0.800. The van der Waals surface area contributed by atoms with Gasteiger partial charge in [-0.05, 0) is 74.8 Å². The zero-order valence-corrected chi connectivity index (χ0v) is 18.9. The van der Waals surface area contributed by atoms with Gasteiger partial charge >= 0.3 is 0 Å². The van der Waals surface area contributed by atoms with Gasteiger partial charge in [-0.2, -0.15) is 0 Å². The maximum absolute atomic E-state index is 5.55. The number of benzene rings is 5. The van der Waals surface area contributed by atoms with E-state index in [0.29, 0.717) is 0 Å². The highest BCUT2D eigenvalue weighted by Gasteiger charge is 2.18. The van der Waals surface area contributed by atoms with Crippen molar-refractivity contribution in [1.29, 1.82) is 0 Å². The predicted octanol–water partition coefficient (Wildman–Crippen LogP) is 7.78. The fourth-order valence-corrected chi connectivity index (χ4v) is 4.55. The molecule has 0 fully saturated rings. The number of ether oxygens (including phenoxy) is 2. The van der Waals surface area contributed by atoms with E-state index in [1.54, 1.807) is 14.2 Å². The van der Waals surface area contributed by atoms with Crippen LogP contribution in [0.25, 0.3) is 33.0 Å². The molecule has 0 heterocycles. The van der Waals surface area contributed by atoms with E-state index in [0.717, 1.165) is 17.9 Å². The SMILES string of the molecule is COc1cccc(Cc2cc3cc(OC)ccc3c(-c3ccccc3)c2-c2ccccc2)c1. The third-order valence-corrected chi connectivity index (χ3v) is 6.08. The van der Waals surface area contributed by atoms with Crippen LogP contribution < -0.4 is 9.47 Å². The minimum Gasteiger partial charge on any atom is -0.497 e. The van der Waals surface area contributed by atoms with E-state index in [9.17, 15) is 0 Å². The smallest absolute Gasteiger partial charge is 0.119 e. The topological polar surface area (TPSA) is 18.5 Å². The number of fused-ring (bicyclic) bond motifs is 1. The van der Waals surface area contributed by atoms with Gasteiger partial charge in [-0.15, -0.1) is 0 Å². The summed E-state index contributed by atoms with van der Waals surface area (Å²) in [4.78, 5) is 0. The maximum atomic E-state index is 5.55. The van der Waals surface area contributed by atoms with E-state index in [1.165, 1.54) is 44.2 Å². The number of hydrogen-bond acceptors (Lipinski definition) is 2. The molecule has 0 aliphatic rings. The van der Waals surface area contributed by atoms with E-state index in [4.69, 9.17) is 9.47 Å². The Kier molecular flexibility index (Phi) is 5.82. The quantitative estimate of drug-likeness (QED) is 0.274. The fraction of sp³-hybridized carbons (Fsp3) is 0.0968. The van der Waals surface area contributed by atoms with E-state index in [1.807, 2.05) is 12.1 Å². The Morgan fingerprint density at radius 1 is 0.545 bits per heavy atom. The van der Waals surface area contributed by atoms with Crippen LogP contribution in [0.5, 0.6) is 11.5 Å². The number of methoxy groups -OCH3 is 2. The van der Waals surface area contributed by atoms with Gasteiger partial charge < -0.3 is 9.47 Å². The molecule has 0 radical (unpaired) electrons. The average Bonchev–Trinajstić information content (AvgIpc) is 2.88. The van der Waals surface area contributed by atoms with Crippen LogP contribution in [0.3, 0.4) is 0 Å². The Labute approximate surface area is 195 Å². The van der Waals surface area contributed by atoms with Gasteiger partial charge in [-0.3, -0.25) is 0 Å². The second-order valence-electron chi connectivity index (χ2n) is 8.13. The van der Waals surface area contributed by atoms with Crippen LogP contribution >= 0.6 is 0 Å². The molecule has 0 aliphatic heterocycles. The number of rotatable bonds is 6. The molecule has 0 saturated heterocycles. The molecule has 0 aliphatic carbocycles. The first-order valence-electron chi connectivity index (χ1n) is 11.1. The molecule has 0 bridgehead atoms. The molecular formula is C31H26O2. The highest BCUT2D eigenvalue weighted by Crippen LogP contribution is 2.42. The first kappa shape index (κ1) is 20.8. The lowest BCUT2D eigenvalue weighted by molar-refractivity contribution is 0.414. The Hall–Kier alpha value is -4.04. The van der Waals surface area contributed by atoms with Crippen LogP contribution in [-0.2, 0) is 6.42 Å². The Morgan fingerprint density at radius 3 is 1.85 bits per heavy atom. The summed E-state index contributed by atoms with van der Waals surface area (Å²) in [6, 6.07) is 38.3. The van der Waals surface area contributed by atoms with Crippen molar-refractivity contribution in [3.05, 3.63) is 120 Å². The normalized spacial score (nSPS) is 10.8. The summed E-state index contributed by atoms with van der Waals surface area (Å²) < 4.78 is 11.0. The summed E-state index contributed by atoms with van der Waals surface area (Å²) in [5, 5.41) is 2.39. The van der Waals surface area contributed by atoms with Crippen molar-refractivity contribution in [1.82, 2.24) is 0 Å². The highest BCUT2D eigenvalue weighted by atomic mass is 16.5. The monoisotopic (exact) mass is 430 g/mol. The van der Waals surface area contributed by atoms with Crippen LogP contribution in [0, 0.1) is 0 Å². The van der Waals surface area contributed by atoms with Gasteiger partial charge in [0, 0.05) is 0 Å². The molecule has 0 saturated carbocycles. The van der Waals surface area contributed by atoms with Crippen LogP contribution in [-0.4, -0.2) is 14.2 Å². The average molecular weight is 431 g/mol. The molecule has 5 rings (SSSR count). The van der Waals surface area contributed by atoms with Gasteiger partial charge in [0.05, 0.1) is 14.2 Å². The van der Waals surface area contributed by atoms with Crippen molar-refractivity contribution in [2.24, 2.45) is 0 Å². The van der Waals surface area contributed by atoms with Crippen molar-refractivity contribution in [2.45, 2.75) is 6.42 Å². The Bertz CT molecular complexity index is 1390. The van der Waals surface area contributed by atoms with Gasteiger partial charge in [0.2, 0.25) is 0 Å².